The van der Waals surface area contributed by atoms with E-state index in [0.717, 1.165) is 0 Å². The van der Waals surface area contributed by atoms with E-state index < -0.39 is 11.9 Å². The van der Waals surface area contributed by atoms with E-state index in [1.165, 1.54) is 17.9 Å². The Morgan fingerprint density at radius 2 is 1.91 bits per heavy atom. The van der Waals surface area contributed by atoms with Gasteiger partial charge >= 0.3 is 11.9 Å². The van der Waals surface area contributed by atoms with Crippen molar-refractivity contribution in [2.75, 3.05) is 19.5 Å². The molecule has 0 atom stereocenters. The molecule has 1 heterocycles. The predicted octanol–water partition coefficient (Wildman–Crippen LogP) is 1.89. The molecule has 118 valence electrons. The number of nitrogen functional groups attached to an aromatic ring is 1. The Balaban J connectivity index is 2.48. The highest BCUT2D eigenvalue weighted by Crippen LogP contribution is 2.24. The summed E-state index contributed by atoms with van der Waals surface area (Å²) in [6.07, 6.45) is 1.45. The van der Waals surface area contributed by atoms with E-state index in [9.17, 15) is 9.59 Å². The number of methoxy groups -OCH3 is 1. The smallest absolute Gasteiger partial charge is 0.357 e. The first-order valence-electron chi connectivity index (χ1n) is 6.80. The average Bonchev–Trinajstić information content (AvgIpc) is 2.91. The van der Waals surface area contributed by atoms with Crippen molar-refractivity contribution < 1.29 is 19.1 Å². The van der Waals surface area contributed by atoms with Crippen LogP contribution in [0.25, 0.3) is 5.69 Å². The zero-order chi connectivity index (χ0) is 17.0. The molecular formula is C16H15N3O4. The maximum absolute atomic E-state index is 11.9. The average molecular weight is 313 g/mol. The molecule has 0 amide bonds. The lowest BCUT2D eigenvalue weighted by Gasteiger charge is -2.09. The van der Waals surface area contributed by atoms with Crippen molar-refractivity contribution in [1.29, 1.82) is 5.26 Å². The molecule has 2 aromatic rings. The topological polar surface area (TPSA) is 107 Å². The van der Waals surface area contributed by atoms with Gasteiger partial charge in [-0.1, -0.05) is 0 Å². The molecule has 2 N–H and O–H groups in total. The summed E-state index contributed by atoms with van der Waals surface area (Å²) in [4.78, 5) is 23.6. The molecule has 1 aromatic carbocycles. The first kappa shape index (κ1) is 16.1. The van der Waals surface area contributed by atoms with Crippen molar-refractivity contribution >= 4 is 17.6 Å². The first-order valence-corrected chi connectivity index (χ1v) is 6.80. The fourth-order valence-corrected chi connectivity index (χ4v) is 2.09. The third-order valence-corrected chi connectivity index (χ3v) is 3.20. The number of ether oxygens (including phenoxy) is 2. The number of hydrogen-bond donors (Lipinski definition) is 1. The molecule has 0 fully saturated rings. The van der Waals surface area contributed by atoms with Crippen LogP contribution in [0.15, 0.2) is 30.5 Å². The SMILES string of the molecule is CCOC(=O)c1ccc(-n2cc(C#N)c(N)c2C(=O)OC)cc1. The molecule has 0 radical (unpaired) electrons. The molecule has 0 saturated heterocycles. The summed E-state index contributed by atoms with van der Waals surface area (Å²) in [6.45, 7) is 2.01. The van der Waals surface area contributed by atoms with Crippen LogP contribution in [0.4, 0.5) is 5.69 Å². The number of rotatable bonds is 4. The number of hydrogen-bond acceptors (Lipinski definition) is 6. The van der Waals surface area contributed by atoms with Gasteiger partial charge in [0.2, 0.25) is 0 Å². The monoisotopic (exact) mass is 313 g/mol. The number of nitrogens with zero attached hydrogens (tertiary/aromatic N) is 2. The summed E-state index contributed by atoms with van der Waals surface area (Å²) < 4.78 is 11.1. The lowest BCUT2D eigenvalue weighted by Crippen LogP contribution is -2.11. The van der Waals surface area contributed by atoms with Gasteiger partial charge in [-0.3, -0.25) is 0 Å². The van der Waals surface area contributed by atoms with Gasteiger partial charge in [0, 0.05) is 11.9 Å². The molecule has 7 nitrogen and oxygen atoms in total. The van der Waals surface area contributed by atoms with E-state index in [-0.39, 0.29) is 23.6 Å². The normalized spacial score (nSPS) is 9.96. The van der Waals surface area contributed by atoms with Gasteiger partial charge in [-0.05, 0) is 31.2 Å². The molecule has 1 aromatic heterocycles. The second kappa shape index (κ2) is 6.66. The summed E-state index contributed by atoms with van der Waals surface area (Å²) in [5, 5.41) is 9.08. The molecule has 2 rings (SSSR count). The molecule has 0 aliphatic heterocycles. The Labute approximate surface area is 132 Å². The summed E-state index contributed by atoms with van der Waals surface area (Å²) >= 11 is 0. The van der Waals surface area contributed by atoms with E-state index in [0.29, 0.717) is 11.3 Å². The van der Waals surface area contributed by atoms with Crippen molar-refractivity contribution in [3.63, 3.8) is 0 Å². The number of esters is 2. The van der Waals surface area contributed by atoms with Crippen LogP contribution >= 0.6 is 0 Å². The van der Waals surface area contributed by atoms with Gasteiger partial charge in [-0.25, -0.2) is 9.59 Å². The zero-order valence-electron chi connectivity index (χ0n) is 12.7. The highest BCUT2D eigenvalue weighted by Gasteiger charge is 2.21. The standard InChI is InChI=1S/C16H15N3O4/c1-3-23-15(20)10-4-6-12(7-5-10)19-9-11(8-17)13(18)14(19)16(21)22-2/h4-7,9H,3,18H2,1-2H3. The molecular weight excluding hydrogens is 298 g/mol. The van der Waals surface area contributed by atoms with Crippen molar-refractivity contribution in [2.24, 2.45) is 0 Å². The number of nitrogens with two attached hydrogens (primary N) is 1. The minimum Gasteiger partial charge on any atom is -0.464 e. The molecule has 23 heavy (non-hydrogen) atoms. The molecule has 0 aliphatic carbocycles. The van der Waals surface area contributed by atoms with E-state index in [1.54, 1.807) is 31.2 Å². The lowest BCUT2D eigenvalue weighted by atomic mass is 10.2. The number of anilines is 1. The van der Waals surface area contributed by atoms with Gasteiger partial charge < -0.3 is 19.8 Å². The van der Waals surface area contributed by atoms with Crippen LogP contribution in [0.5, 0.6) is 0 Å². The van der Waals surface area contributed by atoms with Gasteiger partial charge in [0.05, 0.1) is 30.5 Å². The van der Waals surface area contributed by atoms with Gasteiger partial charge in [-0.15, -0.1) is 0 Å². The van der Waals surface area contributed by atoms with Gasteiger partial charge in [-0.2, -0.15) is 5.26 Å². The van der Waals surface area contributed by atoms with Crippen LogP contribution in [0.1, 0.15) is 33.3 Å². The van der Waals surface area contributed by atoms with E-state index >= 15 is 0 Å². The van der Waals surface area contributed by atoms with E-state index in [2.05, 4.69) is 0 Å². The fourth-order valence-electron chi connectivity index (χ4n) is 2.09. The lowest BCUT2D eigenvalue weighted by molar-refractivity contribution is 0.0525. The number of carbonyl (C=O) groups excluding carboxylic acids is 2. The van der Waals surface area contributed by atoms with Crippen LogP contribution in [0.3, 0.4) is 0 Å². The maximum atomic E-state index is 11.9. The quantitative estimate of drug-likeness (QED) is 0.864. The zero-order valence-corrected chi connectivity index (χ0v) is 12.7. The molecule has 0 unspecified atom stereocenters. The number of carbonyl (C=O) groups is 2. The Morgan fingerprint density at radius 3 is 2.43 bits per heavy atom. The third kappa shape index (κ3) is 3.01. The Kier molecular flexibility index (Phi) is 4.66. The van der Waals surface area contributed by atoms with Crippen LogP contribution in [-0.2, 0) is 9.47 Å². The third-order valence-electron chi connectivity index (χ3n) is 3.20. The summed E-state index contributed by atoms with van der Waals surface area (Å²) in [6, 6.07) is 8.30. The minimum absolute atomic E-state index is 0.0498. The van der Waals surface area contributed by atoms with Gasteiger partial charge in [0.1, 0.15) is 6.07 Å². The largest absolute Gasteiger partial charge is 0.464 e. The van der Waals surface area contributed by atoms with Crippen LogP contribution in [0, 0.1) is 11.3 Å². The van der Waals surface area contributed by atoms with Crippen molar-refractivity contribution in [3.05, 3.63) is 47.3 Å². The molecule has 0 bridgehead atoms. The second-order valence-corrected chi connectivity index (χ2v) is 4.55. The van der Waals surface area contributed by atoms with Crippen molar-refractivity contribution in [3.8, 4) is 11.8 Å². The van der Waals surface area contributed by atoms with Crippen LogP contribution < -0.4 is 5.73 Å². The minimum atomic E-state index is -0.654. The predicted molar refractivity (Wildman–Crippen MR) is 82.2 cm³/mol. The number of nitriles is 1. The maximum Gasteiger partial charge on any atom is 0.357 e. The summed E-state index contributed by atoms with van der Waals surface area (Å²) in [7, 11) is 1.23. The molecule has 0 saturated carbocycles. The molecule has 0 spiro atoms. The van der Waals surface area contributed by atoms with E-state index in [1.807, 2.05) is 6.07 Å². The summed E-state index contributed by atoms with van der Waals surface area (Å²) in [5.74, 6) is -1.09. The summed E-state index contributed by atoms with van der Waals surface area (Å²) in [5.41, 5.74) is 7.05. The highest BCUT2D eigenvalue weighted by atomic mass is 16.5. The van der Waals surface area contributed by atoms with Crippen LogP contribution in [-0.4, -0.2) is 30.2 Å². The highest BCUT2D eigenvalue weighted by molar-refractivity contribution is 5.96. The van der Waals surface area contributed by atoms with Gasteiger partial charge in [0.15, 0.2) is 5.69 Å². The van der Waals surface area contributed by atoms with Crippen molar-refractivity contribution in [1.82, 2.24) is 4.57 Å². The molecule has 7 heteroatoms. The Morgan fingerprint density at radius 1 is 1.26 bits per heavy atom. The van der Waals surface area contributed by atoms with Crippen molar-refractivity contribution in [2.45, 2.75) is 6.92 Å². The fraction of sp³-hybridized carbons (Fsp3) is 0.188. The Hall–Kier alpha value is -3.27. The number of benzene rings is 1. The first-order chi connectivity index (χ1) is 11.0. The van der Waals surface area contributed by atoms with Gasteiger partial charge in [0.25, 0.3) is 0 Å². The number of aromatic nitrogens is 1. The Bertz CT molecular complexity index is 785. The van der Waals surface area contributed by atoms with Crippen LogP contribution in [0.2, 0.25) is 0 Å². The second-order valence-electron chi connectivity index (χ2n) is 4.55. The molecule has 0 aliphatic rings. The van der Waals surface area contributed by atoms with E-state index in [4.69, 9.17) is 20.5 Å².